The van der Waals surface area contributed by atoms with Crippen LogP contribution in [0.1, 0.15) is 17.7 Å². The quantitative estimate of drug-likeness (QED) is 0.571. The summed E-state index contributed by atoms with van der Waals surface area (Å²) < 4.78 is 5.46. The molecule has 2 rings (SSSR count). The van der Waals surface area contributed by atoms with Crippen LogP contribution in [-0.2, 0) is 16.0 Å². The Morgan fingerprint density at radius 1 is 1.53 bits per heavy atom. The number of thiocarbonyl (C=S) groups is 1. The van der Waals surface area contributed by atoms with Gasteiger partial charge in [0.15, 0.2) is 5.11 Å². The first kappa shape index (κ1) is 14.2. The monoisotopic (exact) mass is 299 g/mol. The minimum Gasteiger partial charge on any atom is -0.376 e. The molecule has 2 heterocycles. The third kappa shape index (κ3) is 5.14. The van der Waals surface area contributed by atoms with Crippen LogP contribution in [0.15, 0.2) is 17.5 Å². The van der Waals surface area contributed by atoms with Gasteiger partial charge in [-0.1, -0.05) is 6.07 Å². The minimum absolute atomic E-state index is 0.108. The van der Waals surface area contributed by atoms with Crippen LogP contribution in [0.3, 0.4) is 0 Å². The van der Waals surface area contributed by atoms with Gasteiger partial charge in [-0.25, -0.2) is 0 Å². The Hall–Kier alpha value is -1.18. The molecule has 1 amide bonds. The second kappa shape index (κ2) is 7.42. The van der Waals surface area contributed by atoms with Gasteiger partial charge in [0.05, 0.1) is 12.5 Å². The van der Waals surface area contributed by atoms with Crippen molar-refractivity contribution in [2.24, 2.45) is 0 Å². The van der Waals surface area contributed by atoms with E-state index >= 15 is 0 Å². The van der Waals surface area contributed by atoms with Crippen LogP contribution in [0.2, 0.25) is 0 Å². The Morgan fingerprint density at radius 3 is 3.11 bits per heavy atom. The Bertz CT molecular complexity index is 417. The molecule has 104 valence electrons. The summed E-state index contributed by atoms with van der Waals surface area (Å²) in [5, 5.41) is 5.38. The number of hydrogen-bond donors (Lipinski definition) is 3. The molecule has 1 aliphatic heterocycles. The number of hydrogen-bond acceptors (Lipinski definition) is 4. The average molecular weight is 299 g/mol. The van der Waals surface area contributed by atoms with Crippen molar-refractivity contribution in [3.63, 3.8) is 0 Å². The topological polar surface area (TPSA) is 62.4 Å². The fourth-order valence-corrected chi connectivity index (χ4v) is 2.64. The third-order valence-corrected chi connectivity index (χ3v) is 3.87. The van der Waals surface area contributed by atoms with Crippen molar-refractivity contribution >= 4 is 34.6 Å². The highest BCUT2D eigenvalue weighted by atomic mass is 32.1. The normalized spacial score (nSPS) is 18.0. The number of nitrogens with one attached hydrogen (secondary N) is 3. The fourth-order valence-electron chi connectivity index (χ4n) is 1.80. The molecule has 5 nitrogen and oxygen atoms in total. The number of ether oxygens (including phenoxy) is 1. The van der Waals surface area contributed by atoms with Crippen molar-refractivity contribution in [2.75, 3.05) is 13.2 Å². The highest BCUT2D eigenvalue weighted by Gasteiger charge is 2.15. The smallest absolute Gasteiger partial charge is 0.243 e. The van der Waals surface area contributed by atoms with E-state index in [0.717, 1.165) is 24.3 Å². The van der Waals surface area contributed by atoms with Crippen molar-refractivity contribution in [3.05, 3.63) is 22.4 Å². The largest absolute Gasteiger partial charge is 0.376 e. The number of hydrazine groups is 1. The Labute approximate surface area is 121 Å². The number of carbonyl (C=O) groups is 1. The van der Waals surface area contributed by atoms with Crippen LogP contribution in [0.25, 0.3) is 0 Å². The maximum absolute atomic E-state index is 11.6. The van der Waals surface area contributed by atoms with Crippen molar-refractivity contribution in [1.29, 1.82) is 0 Å². The van der Waals surface area contributed by atoms with Gasteiger partial charge in [-0.2, -0.15) is 0 Å². The molecule has 1 unspecified atom stereocenters. The fraction of sp³-hybridized carbons (Fsp3) is 0.500. The molecule has 1 aromatic rings. The summed E-state index contributed by atoms with van der Waals surface area (Å²) in [7, 11) is 0. The van der Waals surface area contributed by atoms with E-state index in [1.807, 2.05) is 17.5 Å². The van der Waals surface area contributed by atoms with E-state index in [1.165, 1.54) is 0 Å². The summed E-state index contributed by atoms with van der Waals surface area (Å²) in [5.41, 5.74) is 5.26. The summed E-state index contributed by atoms with van der Waals surface area (Å²) in [6.07, 6.45) is 2.74. The number of rotatable bonds is 4. The predicted molar refractivity (Wildman–Crippen MR) is 78.9 cm³/mol. The van der Waals surface area contributed by atoms with Gasteiger partial charge in [0.2, 0.25) is 5.91 Å². The van der Waals surface area contributed by atoms with Crippen LogP contribution in [-0.4, -0.2) is 30.3 Å². The van der Waals surface area contributed by atoms with E-state index in [2.05, 4.69) is 16.2 Å². The second-order valence-corrected chi connectivity index (χ2v) is 5.71. The Morgan fingerprint density at radius 2 is 2.42 bits per heavy atom. The maximum atomic E-state index is 11.6. The van der Waals surface area contributed by atoms with E-state index in [-0.39, 0.29) is 12.0 Å². The highest BCUT2D eigenvalue weighted by Crippen LogP contribution is 2.10. The van der Waals surface area contributed by atoms with Crippen LogP contribution < -0.4 is 16.2 Å². The van der Waals surface area contributed by atoms with Gasteiger partial charge in [-0.05, 0) is 36.5 Å². The molecule has 0 radical (unpaired) electrons. The van der Waals surface area contributed by atoms with Crippen molar-refractivity contribution < 1.29 is 9.53 Å². The zero-order chi connectivity index (χ0) is 13.5. The van der Waals surface area contributed by atoms with E-state index in [9.17, 15) is 4.79 Å². The van der Waals surface area contributed by atoms with Gasteiger partial charge >= 0.3 is 0 Å². The van der Waals surface area contributed by atoms with Crippen molar-refractivity contribution in [3.8, 4) is 0 Å². The molecule has 1 aliphatic rings. The Balaban J connectivity index is 1.58. The van der Waals surface area contributed by atoms with E-state index in [0.29, 0.717) is 18.1 Å². The zero-order valence-electron chi connectivity index (χ0n) is 10.5. The lowest BCUT2D eigenvalue weighted by molar-refractivity contribution is -0.120. The average Bonchev–Trinajstić information content (AvgIpc) is 3.06. The first-order chi connectivity index (χ1) is 9.24. The molecule has 1 aromatic heterocycles. The lowest BCUT2D eigenvalue weighted by Gasteiger charge is -2.14. The molecule has 3 N–H and O–H groups in total. The first-order valence-corrected chi connectivity index (χ1v) is 7.49. The van der Waals surface area contributed by atoms with E-state index in [1.54, 1.807) is 11.3 Å². The van der Waals surface area contributed by atoms with Crippen LogP contribution in [0, 0.1) is 0 Å². The summed E-state index contributed by atoms with van der Waals surface area (Å²) in [6.45, 7) is 1.50. The van der Waals surface area contributed by atoms with Gasteiger partial charge < -0.3 is 10.1 Å². The van der Waals surface area contributed by atoms with Gasteiger partial charge in [0.1, 0.15) is 0 Å². The van der Waals surface area contributed by atoms with Gasteiger partial charge in [-0.15, -0.1) is 11.3 Å². The molecule has 0 bridgehead atoms. The minimum atomic E-state index is -0.108. The standard InChI is InChI=1S/C12H17N3O2S2/c16-11(7-10-4-2-6-19-10)14-15-12(18)13-8-9-3-1-5-17-9/h2,4,6,9H,1,3,5,7-8H2,(H,14,16)(H2,13,15,18). The molecule has 19 heavy (non-hydrogen) atoms. The first-order valence-electron chi connectivity index (χ1n) is 6.20. The zero-order valence-corrected chi connectivity index (χ0v) is 12.1. The second-order valence-electron chi connectivity index (χ2n) is 4.27. The van der Waals surface area contributed by atoms with Gasteiger partial charge in [0.25, 0.3) is 0 Å². The van der Waals surface area contributed by atoms with Crippen molar-refractivity contribution in [1.82, 2.24) is 16.2 Å². The molecule has 0 aliphatic carbocycles. The molecule has 0 aromatic carbocycles. The van der Waals surface area contributed by atoms with Crippen LogP contribution in [0.4, 0.5) is 0 Å². The van der Waals surface area contributed by atoms with Gasteiger partial charge in [-0.3, -0.25) is 15.6 Å². The van der Waals surface area contributed by atoms with E-state index in [4.69, 9.17) is 17.0 Å². The number of thiophene rings is 1. The lowest BCUT2D eigenvalue weighted by atomic mass is 10.2. The molecule has 0 saturated carbocycles. The highest BCUT2D eigenvalue weighted by molar-refractivity contribution is 7.80. The molecular formula is C12H17N3O2S2. The summed E-state index contributed by atoms with van der Waals surface area (Å²) in [4.78, 5) is 12.6. The molecule has 0 spiro atoms. The van der Waals surface area contributed by atoms with Crippen LogP contribution >= 0.6 is 23.6 Å². The molecule has 1 fully saturated rings. The molecular weight excluding hydrogens is 282 g/mol. The summed E-state index contributed by atoms with van der Waals surface area (Å²) >= 11 is 6.62. The summed E-state index contributed by atoms with van der Waals surface area (Å²) in [5.74, 6) is -0.108. The van der Waals surface area contributed by atoms with E-state index < -0.39 is 0 Å². The Kier molecular flexibility index (Phi) is 5.56. The summed E-state index contributed by atoms with van der Waals surface area (Å²) in [6, 6.07) is 3.85. The molecule has 1 atom stereocenters. The third-order valence-electron chi connectivity index (χ3n) is 2.74. The SMILES string of the molecule is O=C(Cc1cccs1)NNC(=S)NCC1CCCO1. The van der Waals surface area contributed by atoms with Crippen molar-refractivity contribution in [2.45, 2.75) is 25.4 Å². The van der Waals surface area contributed by atoms with Gasteiger partial charge in [0, 0.05) is 18.0 Å². The number of carbonyl (C=O) groups excluding carboxylic acids is 1. The molecule has 7 heteroatoms. The van der Waals surface area contributed by atoms with Crippen LogP contribution in [0.5, 0.6) is 0 Å². The predicted octanol–water partition coefficient (Wildman–Crippen LogP) is 0.965. The lowest BCUT2D eigenvalue weighted by Crippen LogP contribution is -2.48. The molecule has 1 saturated heterocycles. The number of amides is 1. The maximum Gasteiger partial charge on any atom is 0.243 e.